The summed E-state index contributed by atoms with van der Waals surface area (Å²) in [4.78, 5) is 4.33. The molecule has 1 unspecified atom stereocenters. The van der Waals surface area contributed by atoms with Crippen molar-refractivity contribution >= 4 is 17.9 Å². The molecule has 0 aliphatic rings. The van der Waals surface area contributed by atoms with E-state index < -0.39 is 0 Å². The smallest absolute Gasteiger partial charge is 0.200 e. The largest absolute Gasteiger partial charge is 0.508 e. The number of benzene rings is 2. The van der Waals surface area contributed by atoms with Crippen LogP contribution in [0.3, 0.4) is 0 Å². The number of aromatic hydroxyl groups is 2. The van der Waals surface area contributed by atoms with E-state index in [-0.39, 0.29) is 17.4 Å². The summed E-state index contributed by atoms with van der Waals surface area (Å²) in [5.41, 5.74) is 5.45. The van der Waals surface area contributed by atoms with Crippen LogP contribution in [0.5, 0.6) is 11.5 Å². The van der Waals surface area contributed by atoms with E-state index in [0.717, 1.165) is 22.5 Å². The molecule has 0 aliphatic heterocycles. The SMILES string of the molecule is CCc1cc(-c2n[nH]c(=S)n2-c2ccc(C)c(C(C)C(C)=NC)c2)c(O)cc1O. The van der Waals surface area contributed by atoms with Gasteiger partial charge < -0.3 is 10.2 Å². The maximum absolute atomic E-state index is 10.5. The van der Waals surface area contributed by atoms with Gasteiger partial charge in [-0.25, -0.2) is 0 Å². The van der Waals surface area contributed by atoms with Gasteiger partial charge in [0.1, 0.15) is 11.5 Å². The minimum Gasteiger partial charge on any atom is -0.508 e. The summed E-state index contributed by atoms with van der Waals surface area (Å²) in [6.45, 7) is 8.17. The fourth-order valence-electron chi connectivity index (χ4n) is 3.45. The number of hydrogen-bond acceptors (Lipinski definition) is 5. The van der Waals surface area contributed by atoms with Crippen LogP contribution in [0, 0.1) is 11.7 Å². The quantitative estimate of drug-likeness (QED) is 0.405. The molecule has 7 heteroatoms. The number of aryl methyl sites for hydroxylation is 2. The third-order valence-corrected chi connectivity index (χ3v) is 5.73. The van der Waals surface area contributed by atoms with Gasteiger partial charge in [0.05, 0.1) is 11.3 Å². The zero-order valence-electron chi connectivity index (χ0n) is 17.3. The number of phenolic OH excluding ortho intramolecular Hbond substituents is 2. The molecular formula is C22H26N4O2S. The van der Waals surface area contributed by atoms with Crippen molar-refractivity contribution in [1.82, 2.24) is 14.8 Å². The highest BCUT2D eigenvalue weighted by Crippen LogP contribution is 2.35. The lowest BCUT2D eigenvalue weighted by atomic mass is 9.92. The molecule has 1 aromatic heterocycles. The molecule has 0 bridgehead atoms. The van der Waals surface area contributed by atoms with Crippen LogP contribution >= 0.6 is 12.2 Å². The van der Waals surface area contributed by atoms with E-state index in [4.69, 9.17) is 12.2 Å². The van der Waals surface area contributed by atoms with E-state index in [1.807, 2.05) is 19.9 Å². The average Bonchev–Trinajstić information content (AvgIpc) is 3.08. The van der Waals surface area contributed by atoms with E-state index in [9.17, 15) is 10.2 Å². The predicted octanol–water partition coefficient (Wildman–Crippen LogP) is 5.07. The molecule has 0 saturated heterocycles. The molecule has 1 atom stereocenters. The molecule has 6 nitrogen and oxygen atoms in total. The number of nitrogens with zero attached hydrogens (tertiary/aromatic N) is 3. The third-order valence-electron chi connectivity index (χ3n) is 5.46. The normalized spacial score (nSPS) is 12.9. The van der Waals surface area contributed by atoms with Crippen molar-refractivity contribution in [2.24, 2.45) is 4.99 Å². The monoisotopic (exact) mass is 410 g/mol. The second kappa shape index (κ2) is 8.21. The summed E-state index contributed by atoms with van der Waals surface area (Å²) in [6, 6.07) is 9.22. The van der Waals surface area contributed by atoms with Crippen molar-refractivity contribution < 1.29 is 10.2 Å². The number of aromatic nitrogens is 3. The maximum Gasteiger partial charge on any atom is 0.200 e. The van der Waals surface area contributed by atoms with Crippen molar-refractivity contribution in [3.8, 4) is 28.6 Å². The highest BCUT2D eigenvalue weighted by molar-refractivity contribution is 7.71. The van der Waals surface area contributed by atoms with E-state index in [0.29, 0.717) is 22.6 Å². The Morgan fingerprint density at radius 3 is 2.62 bits per heavy atom. The van der Waals surface area contributed by atoms with E-state index in [1.54, 1.807) is 17.7 Å². The zero-order chi connectivity index (χ0) is 21.3. The lowest BCUT2D eigenvalue weighted by Gasteiger charge is -2.17. The maximum atomic E-state index is 10.5. The van der Waals surface area contributed by atoms with Crippen LogP contribution in [0.15, 0.2) is 35.3 Å². The molecule has 152 valence electrons. The highest BCUT2D eigenvalue weighted by Gasteiger charge is 2.19. The van der Waals surface area contributed by atoms with Gasteiger partial charge in [-0.2, -0.15) is 5.10 Å². The lowest BCUT2D eigenvalue weighted by Crippen LogP contribution is -2.08. The minimum atomic E-state index is -0.0513. The topological polar surface area (TPSA) is 86.4 Å². The number of hydrogen-bond donors (Lipinski definition) is 3. The number of H-pyrrole nitrogens is 1. The molecule has 0 fully saturated rings. The van der Waals surface area contributed by atoms with Crippen LogP contribution in [0.1, 0.15) is 43.4 Å². The molecule has 0 radical (unpaired) electrons. The van der Waals surface area contributed by atoms with Crippen molar-refractivity contribution in [1.29, 1.82) is 0 Å². The lowest BCUT2D eigenvalue weighted by molar-refractivity contribution is 0.447. The van der Waals surface area contributed by atoms with Crippen LogP contribution < -0.4 is 0 Å². The molecule has 3 rings (SSSR count). The van der Waals surface area contributed by atoms with Crippen molar-refractivity contribution in [2.45, 2.75) is 40.0 Å². The highest BCUT2D eigenvalue weighted by atomic mass is 32.1. The number of nitrogens with one attached hydrogen (secondary N) is 1. The molecule has 2 aromatic carbocycles. The third kappa shape index (κ3) is 3.82. The predicted molar refractivity (Wildman–Crippen MR) is 119 cm³/mol. The summed E-state index contributed by atoms with van der Waals surface area (Å²) in [5.74, 6) is 0.670. The Balaban J connectivity index is 2.21. The van der Waals surface area contributed by atoms with Gasteiger partial charge in [0.25, 0.3) is 0 Å². The first-order valence-corrected chi connectivity index (χ1v) is 9.96. The second-order valence-corrected chi connectivity index (χ2v) is 7.55. The number of phenols is 2. The zero-order valence-corrected chi connectivity index (χ0v) is 18.1. The van der Waals surface area contributed by atoms with Crippen LogP contribution in [-0.4, -0.2) is 37.7 Å². The Morgan fingerprint density at radius 1 is 1.24 bits per heavy atom. The Kier molecular flexibility index (Phi) is 5.88. The van der Waals surface area contributed by atoms with Gasteiger partial charge in [0.2, 0.25) is 0 Å². The van der Waals surface area contributed by atoms with Gasteiger partial charge in [-0.3, -0.25) is 14.7 Å². The molecule has 1 heterocycles. The number of rotatable bonds is 5. The van der Waals surface area contributed by atoms with Gasteiger partial charge in [0.15, 0.2) is 10.6 Å². The van der Waals surface area contributed by atoms with Crippen LogP contribution in [-0.2, 0) is 6.42 Å². The van der Waals surface area contributed by atoms with Crippen LogP contribution in [0.25, 0.3) is 17.1 Å². The first-order chi connectivity index (χ1) is 13.8. The van der Waals surface area contributed by atoms with Crippen LogP contribution in [0.4, 0.5) is 0 Å². The Hall–Kier alpha value is -2.93. The fraction of sp³-hybridized carbons (Fsp3) is 0.318. The standard InChI is InChI=1S/C22H26N4O2S/c1-6-15-9-18(20(28)11-19(15)27)21-24-25-22(29)26(21)16-8-7-12(2)17(10-16)13(3)14(4)23-5/h7-11,13,27-28H,6H2,1-5H3,(H,25,29). The first kappa shape index (κ1) is 20.8. The average molecular weight is 411 g/mol. The molecule has 3 N–H and O–H groups in total. The van der Waals surface area contributed by atoms with Gasteiger partial charge in [-0.05, 0) is 67.4 Å². The second-order valence-electron chi connectivity index (χ2n) is 7.17. The Labute approximate surface area is 175 Å². The summed E-state index contributed by atoms with van der Waals surface area (Å²) in [5, 5.41) is 27.7. The van der Waals surface area contributed by atoms with Crippen molar-refractivity contribution in [3.63, 3.8) is 0 Å². The van der Waals surface area contributed by atoms with Gasteiger partial charge in [-0.1, -0.05) is 19.9 Å². The number of aliphatic imine (C=N–C) groups is 1. The van der Waals surface area contributed by atoms with Crippen molar-refractivity contribution in [3.05, 3.63) is 51.8 Å². The van der Waals surface area contributed by atoms with Crippen LogP contribution in [0.2, 0.25) is 0 Å². The number of aromatic amines is 1. The molecule has 0 aliphatic carbocycles. The Morgan fingerprint density at radius 2 is 1.97 bits per heavy atom. The molecule has 0 amide bonds. The first-order valence-electron chi connectivity index (χ1n) is 9.55. The van der Waals surface area contributed by atoms with Crippen molar-refractivity contribution in [2.75, 3.05) is 7.05 Å². The summed E-state index contributed by atoms with van der Waals surface area (Å²) < 4.78 is 2.23. The van der Waals surface area contributed by atoms with E-state index in [1.165, 1.54) is 11.6 Å². The summed E-state index contributed by atoms with van der Waals surface area (Å²) >= 11 is 5.49. The molecule has 0 saturated carbocycles. The summed E-state index contributed by atoms with van der Waals surface area (Å²) in [6.07, 6.45) is 0.631. The Bertz CT molecular complexity index is 1140. The molecule has 29 heavy (non-hydrogen) atoms. The van der Waals surface area contributed by atoms with Gasteiger partial charge >= 0.3 is 0 Å². The minimum absolute atomic E-state index is 0.0513. The fourth-order valence-corrected chi connectivity index (χ4v) is 3.69. The van der Waals surface area contributed by atoms with E-state index in [2.05, 4.69) is 41.2 Å². The summed E-state index contributed by atoms with van der Waals surface area (Å²) in [7, 11) is 1.80. The molecule has 3 aromatic rings. The van der Waals surface area contributed by atoms with Gasteiger partial charge in [-0.15, -0.1) is 0 Å². The molecule has 0 spiro atoms. The van der Waals surface area contributed by atoms with Gasteiger partial charge in [0, 0.05) is 24.7 Å². The molecular weight excluding hydrogens is 384 g/mol. The van der Waals surface area contributed by atoms with E-state index >= 15 is 0 Å².